The first-order valence-corrected chi connectivity index (χ1v) is 9.24. The van der Waals surface area contributed by atoms with Crippen molar-refractivity contribution in [1.82, 2.24) is 4.90 Å². The van der Waals surface area contributed by atoms with Crippen molar-refractivity contribution in [2.24, 2.45) is 0 Å². The van der Waals surface area contributed by atoms with Crippen LogP contribution in [0.1, 0.15) is 16.8 Å². The van der Waals surface area contributed by atoms with E-state index in [4.69, 9.17) is 0 Å². The monoisotopic (exact) mass is 406 g/mol. The zero-order valence-electron chi connectivity index (χ0n) is 13.6. The standard InChI is InChI=1S/C18H19BrN2O2S/c1-21(2)18(23)13-7-3-5-9-15(13)20-17(22)11-12-24-16-10-6-4-8-14(16)19/h3-10H,11-12H2,1-2H3,(H,20,22). The molecule has 126 valence electrons. The molecule has 24 heavy (non-hydrogen) atoms. The first kappa shape index (κ1) is 18.5. The van der Waals surface area contributed by atoms with E-state index in [1.807, 2.05) is 24.3 Å². The van der Waals surface area contributed by atoms with Crippen LogP contribution in [0.3, 0.4) is 0 Å². The Balaban J connectivity index is 1.93. The molecule has 0 aliphatic carbocycles. The predicted octanol–water partition coefficient (Wildman–Crippen LogP) is 4.27. The van der Waals surface area contributed by atoms with Crippen LogP contribution < -0.4 is 5.32 Å². The van der Waals surface area contributed by atoms with Crippen LogP contribution in [0.25, 0.3) is 0 Å². The van der Waals surface area contributed by atoms with Crippen molar-refractivity contribution in [2.75, 3.05) is 25.2 Å². The van der Waals surface area contributed by atoms with Crippen molar-refractivity contribution in [1.29, 1.82) is 0 Å². The van der Waals surface area contributed by atoms with Crippen molar-refractivity contribution in [3.8, 4) is 0 Å². The Kier molecular flexibility index (Phi) is 6.87. The largest absolute Gasteiger partial charge is 0.345 e. The number of amides is 2. The normalized spacial score (nSPS) is 10.3. The Hall–Kier alpha value is -1.79. The van der Waals surface area contributed by atoms with Crippen LogP contribution in [0.5, 0.6) is 0 Å². The van der Waals surface area contributed by atoms with E-state index in [1.165, 1.54) is 4.90 Å². The van der Waals surface area contributed by atoms with E-state index in [2.05, 4.69) is 21.2 Å². The molecule has 0 saturated heterocycles. The fourth-order valence-corrected chi connectivity index (χ4v) is 3.56. The maximum atomic E-state index is 12.2. The molecule has 0 heterocycles. The van der Waals surface area contributed by atoms with Gasteiger partial charge in [-0.15, -0.1) is 11.8 Å². The summed E-state index contributed by atoms with van der Waals surface area (Å²) in [5.74, 6) is 0.431. The van der Waals surface area contributed by atoms with Crippen molar-refractivity contribution < 1.29 is 9.59 Å². The van der Waals surface area contributed by atoms with Crippen molar-refractivity contribution >= 4 is 45.2 Å². The minimum Gasteiger partial charge on any atom is -0.345 e. The molecule has 2 aromatic carbocycles. The third-order valence-electron chi connectivity index (χ3n) is 3.26. The topological polar surface area (TPSA) is 49.4 Å². The molecule has 2 aromatic rings. The Bertz CT molecular complexity index is 734. The highest BCUT2D eigenvalue weighted by molar-refractivity contribution is 9.10. The Morgan fingerprint density at radius 1 is 1.08 bits per heavy atom. The number of thioether (sulfide) groups is 1. The molecule has 1 N–H and O–H groups in total. The molecule has 0 spiro atoms. The summed E-state index contributed by atoms with van der Waals surface area (Å²) in [6.07, 6.45) is 0.372. The number of halogens is 1. The van der Waals surface area contributed by atoms with Gasteiger partial charge in [-0.1, -0.05) is 24.3 Å². The molecule has 0 atom stereocenters. The summed E-state index contributed by atoms with van der Waals surface area (Å²) in [4.78, 5) is 26.9. The van der Waals surface area contributed by atoms with Gasteiger partial charge < -0.3 is 10.2 Å². The molecule has 0 unspecified atom stereocenters. The van der Waals surface area contributed by atoms with Gasteiger partial charge >= 0.3 is 0 Å². The summed E-state index contributed by atoms with van der Waals surface area (Å²) in [5.41, 5.74) is 1.04. The van der Waals surface area contributed by atoms with Crippen LogP contribution in [-0.2, 0) is 4.79 Å². The molecule has 6 heteroatoms. The SMILES string of the molecule is CN(C)C(=O)c1ccccc1NC(=O)CCSc1ccccc1Br. The van der Waals surface area contributed by atoms with Gasteiger partial charge in [-0.05, 0) is 40.2 Å². The minimum atomic E-state index is -0.131. The Labute approximate surface area is 154 Å². The molecule has 0 saturated carbocycles. The van der Waals surface area contributed by atoms with Gasteiger partial charge in [-0.2, -0.15) is 0 Å². The smallest absolute Gasteiger partial charge is 0.255 e. The average molecular weight is 407 g/mol. The third kappa shape index (κ3) is 5.11. The van der Waals surface area contributed by atoms with Crippen LogP contribution in [-0.4, -0.2) is 36.6 Å². The second-order valence-corrected chi connectivity index (χ2v) is 7.31. The minimum absolute atomic E-state index is 0.103. The number of carbonyl (C=O) groups is 2. The van der Waals surface area contributed by atoms with Gasteiger partial charge in [0.15, 0.2) is 0 Å². The van der Waals surface area contributed by atoms with E-state index in [1.54, 1.807) is 50.1 Å². The zero-order chi connectivity index (χ0) is 17.5. The first-order valence-electron chi connectivity index (χ1n) is 7.47. The van der Waals surface area contributed by atoms with Gasteiger partial charge in [-0.25, -0.2) is 0 Å². The molecule has 0 aliphatic rings. The van der Waals surface area contributed by atoms with Gasteiger partial charge in [0.2, 0.25) is 5.91 Å². The average Bonchev–Trinajstić information content (AvgIpc) is 2.56. The molecule has 2 amide bonds. The first-order chi connectivity index (χ1) is 11.5. The summed E-state index contributed by atoms with van der Waals surface area (Å²) >= 11 is 5.11. The van der Waals surface area contributed by atoms with Gasteiger partial charge in [0.05, 0.1) is 11.3 Å². The highest BCUT2D eigenvalue weighted by Crippen LogP contribution is 2.27. The number of nitrogens with zero attached hydrogens (tertiary/aromatic N) is 1. The number of anilines is 1. The molecule has 0 aromatic heterocycles. The fraction of sp³-hybridized carbons (Fsp3) is 0.222. The summed E-state index contributed by atoms with van der Waals surface area (Å²) in [7, 11) is 3.38. The lowest BCUT2D eigenvalue weighted by atomic mass is 10.1. The molecule has 0 radical (unpaired) electrons. The summed E-state index contributed by atoms with van der Waals surface area (Å²) in [5, 5.41) is 2.84. The second-order valence-electron chi connectivity index (χ2n) is 5.32. The molecule has 4 nitrogen and oxygen atoms in total. The van der Waals surface area contributed by atoms with Crippen LogP contribution in [0, 0.1) is 0 Å². The number of carbonyl (C=O) groups excluding carboxylic acids is 2. The van der Waals surface area contributed by atoms with Gasteiger partial charge in [0, 0.05) is 35.6 Å². The van der Waals surface area contributed by atoms with Crippen LogP contribution in [0.4, 0.5) is 5.69 Å². The summed E-state index contributed by atoms with van der Waals surface area (Å²) in [6, 6.07) is 15.0. The molecule has 2 rings (SSSR count). The zero-order valence-corrected chi connectivity index (χ0v) is 16.0. The van der Waals surface area contributed by atoms with E-state index in [-0.39, 0.29) is 11.8 Å². The van der Waals surface area contributed by atoms with E-state index in [0.29, 0.717) is 23.4 Å². The van der Waals surface area contributed by atoms with Crippen LogP contribution in [0.15, 0.2) is 57.9 Å². The highest BCUT2D eigenvalue weighted by Gasteiger charge is 2.14. The lowest BCUT2D eigenvalue weighted by Crippen LogP contribution is -2.24. The Morgan fingerprint density at radius 3 is 2.46 bits per heavy atom. The lowest BCUT2D eigenvalue weighted by Gasteiger charge is -2.14. The highest BCUT2D eigenvalue weighted by atomic mass is 79.9. The molecular weight excluding hydrogens is 388 g/mol. The number of rotatable bonds is 6. The van der Waals surface area contributed by atoms with E-state index < -0.39 is 0 Å². The molecular formula is C18H19BrN2O2S. The third-order valence-corrected chi connectivity index (χ3v) is 5.29. The van der Waals surface area contributed by atoms with Crippen molar-refractivity contribution in [3.05, 3.63) is 58.6 Å². The number of benzene rings is 2. The molecule has 0 aliphatic heterocycles. The second kappa shape index (κ2) is 8.89. The van der Waals surface area contributed by atoms with Gasteiger partial charge in [0.25, 0.3) is 5.91 Å². The Morgan fingerprint density at radius 2 is 1.75 bits per heavy atom. The fourth-order valence-electron chi connectivity index (χ4n) is 2.05. The lowest BCUT2D eigenvalue weighted by molar-refractivity contribution is -0.115. The summed E-state index contributed by atoms with van der Waals surface area (Å²) < 4.78 is 1.03. The maximum absolute atomic E-state index is 12.2. The number of para-hydroxylation sites is 1. The van der Waals surface area contributed by atoms with Crippen LogP contribution in [0.2, 0.25) is 0 Å². The molecule has 0 bridgehead atoms. The van der Waals surface area contributed by atoms with Crippen molar-refractivity contribution in [2.45, 2.75) is 11.3 Å². The van der Waals surface area contributed by atoms with Crippen LogP contribution >= 0.6 is 27.7 Å². The summed E-state index contributed by atoms with van der Waals surface area (Å²) in [6.45, 7) is 0. The quantitative estimate of drug-likeness (QED) is 0.728. The van der Waals surface area contributed by atoms with E-state index in [0.717, 1.165) is 9.37 Å². The number of hydrogen-bond acceptors (Lipinski definition) is 3. The van der Waals surface area contributed by atoms with Gasteiger partial charge in [-0.3, -0.25) is 9.59 Å². The number of hydrogen-bond donors (Lipinski definition) is 1. The number of nitrogens with one attached hydrogen (secondary N) is 1. The van der Waals surface area contributed by atoms with E-state index in [9.17, 15) is 9.59 Å². The maximum Gasteiger partial charge on any atom is 0.255 e. The molecule has 0 fully saturated rings. The predicted molar refractivity (Wildman–Crippen MR) is 103 cm³/mol. The van der Waals surface area contributed by atoms with Gasteiger partial charge in [0.1, 0.15) is 0 Å². The van der Waals surface area contributed by atoms with Crippen molar-refractivity contribution in [3.63, 3.8) is 0 Å². The van der Waals surface area contributed by atoms with E-state index >= 15 is 0 Å².